The molecule has 0 saturated heterocycles. The molecule has 0 N–H and O–H groups in total. The van der Waals surface area contributed by atoms with Crippen molar-refractivity contribution in [3.63, 3.8) is 0 Å². The van der Waals surface area contributed by atoms with Gasteiger partial charge in [0.1, 0.15) is 11.5 Å². The monoisotopic (exact) mass is 180 g/mol. The third-order valence-electron chi connectivity index (χ3n) is 2.01. The van der Waals surface area contributed by atoms with Gasteiger partial charge < -0.3 is 9.47 Å². The predicted molar refractivity (Wildman–Crippen MR) is 53.5 cm³/mol. The van der Waals surface area contributed by atoms with Gasteiger partial charge in [0.2, 0.25) is 0 Å². The van der Waals surface area contributed by atoms with Crippen molar-refractivity contribution in [3.05, 3.63) is 23.8 Å². The molecular weight excluding hydrogens is 164 g/mol. The highest BCUT2D eigenvalue weighted by Gasteiger charge is 2.02. The first-order valence-electron chi connectivity index (χ1n) is 4.52. The minimum Gasteiger partial charge on any atom is -0.497 e. The summed E-state index contributed by atoms with van der Waals surface area (Å²) in [6.45, 7) is 2.16. The largest absolute Gasteiger partial charge is 0.497 e. The van der Waals surface area contributed by atoms with Crippen molar-refractivity contribution in [2.24, 2.45) is 0 Å². The number of hydrogen-bond donors (Lipinski definition) is 0. The molecule has 0 fully saturated rings. The Bertz CT molecular complexity index is 269. The summed E-state index contributed by atoms with van der Waals surface area (Å²) in [7, 11) is 3.35. The molecular formula is C11H16O2. The molecule has 0 aromatic heterocycles. The van der Waals surface area contributed by atoms with Gasteiger partial charge in [-0.15, -0.1) is 0 Å². The molecule has 2 nitrogen and oxygen atoms in total. The van der Waals surface area contributed by atoms with Crippen LogP contribution in [0.2, 0.25) is 0 Å². The second-order valence-electron chi connectivity index (χ2n) is 2.93. The Morgan fingerprint density at radius 2 is 1.92 bits per heavy atom. The molecule has 0 spiro atoms. The zero-order valence-electron chi connectivity index (χ0n) is 8.46. The quantitative estimate of drug-likeness (QED) is 0.709. The molecule has 0 amide bonds. The van der Waals surface area contributed by atoms with Gasteiger partial charge >= 0.3 is 0 Å². The minimum atomic E-state index is 0.844. The molecule has 2 heteroatoms. The molecule has 0 unspecified atom stereocenters. The summed E-state index contributed by atoms with van der Waals surface area (Å²) in [5, 5.41) is 0. The maximum Gasteiger partial charge on any atom is 0.125 e. The first-order valence-corrected chi connectivity index (χ1v) is 4.52. The van der Waals surface area contributed by atoms with Crippen molar-refractivity contribution in [1.82, 2.24) is 0 Å². The highest BCUT2D eigenvalue weighted by molar-refractivity contribution is 5.40. The van der Waals surface area contributed by atoms with E-state index in [1.807, 2.05) is 12.1 Å². The average molecular weight is 180 g/mol. The smallest absolute Gasteiger partial charge is 0.125 e. The molecule has 0 saturated carbocycles. The van der Waals surface area contributed by atoms with Crippen molar-refractivity contribution in [2.75, 3.05) is 14.2 Å². The van der Waals surface area contributed by atoms with Crippen LogP contribution in [0.25, 0.3) is 0 Å². The van der Waals surface area contributed by atoms with E-state index in [0.29, 0.717) is 0 Å². The van der Waals surface area contributed by atoms with Crippen molar-refractivity contribution >= 4 is 0 Å². The summed E-state index contributed by atoms with van der Waals surface area (Å²) in [6.07, 6.45) is 2.18. The summed E-state index contributed by atoms with van der Waals surface area (Å²) in [4.78, 5) is 0. The number of rotatable bonds is 4. The van der Waals surface area contributed by atoms with E-state index in [0.717, 1.165) is 24.3 Å². The van der Waals surface area contributed by atoms with Crippen molar-refractivity contribution in [1.29, 1.82) is 0 Å². The van der Waals surface area contributed by atoms with E-state index in [2.05, 4.69) is 13.0 Å². The van der Waals surface area contributed by atoms with Gasteiger partial charge in [-0.3, -0.25) is 0 Å². The van der Waals surface area contributed by atoms with E-state index in [-0.39, 0.29) is 0 Å². The van der Waals surface area contributed by atoms with Gasteiger partial charge in [0.25, 0.3) is 0 Å². The molecule has 1 rings (SSSR count). The normalized spacial score (nSPS) is 9.77. The van der Waals surface area contributed by atoms with Crippen molar-refractivity contribution < 1.29 is 9.47 Å². The molecule has 0 atom stereocenters. The molecule has 13 heavy (non-hydrogen) atoms. The number of methoxy groups -OCH3 is 2. The number of ether oxygens (including phenoxy) is 2. The third kappa shape index (κ3) is 2.38. The molecule has 0 aliphatic rings. The number of aryl methyl sites for hydroxylation is 1. The van der Waals surface area contributed by atoms with E-state index in [1.54, 1.807) is 14.2 Å². The van der Waals surface area contributed by atoms with E-state index in [1.165, 1.54) is 5.56 Å². The van der Waals surface area contributed by atoms with Crippen LogP contribution in [0.15, 0.2) is 18.2 Å². The SMILES string of the molecule is CCCc1ccc(OC)cc1OC. The van der Waals surface area contributed by atoms with Gasteiger partial charge in [-0.05, 0) is 18.1 Å². The van der Waals surface area contributed by atoms with E-state index >= 15 is 0 Å². The zero-order chi connectivity index (χ0) is 9.68. The fraction of sp³-hybridized carbons (Fsp3) is 0.455. The van der Waals surface area contributed by atoms with Crippen LogP contribution in [0.5, 0.6) is 11.5 Å². The summed E-state index contributed by atoms with van der Waals surface area (Å²) >= 11 is 0. The fourth-order valence-corrected chi connectivity index (χ4v) is 1.33. The van der Waals surface area contributed by atoms with Crippen LogP contribution in [0.1, 0.15) is 18.9 Å². The maximum atomic E-state index is 5.26. The van der Waals surface area contributed by atoms with E-state index < -0.39 is 0 Å². The summed E-state index contributed by atoms with van der Waals surface area (Å²) in [5.41, 5.74) is 1.24. The Morgan fingerprint density at radius 3 is 2.46 bits per heavy atom. The molecule has 72 valence electrons. The van der Waals surface area contributed by atoms with Crippen molar-refractivity contribution in [3.8, 4) is 11.5 Å². The third-order valence-corrected chi connectivity index (χ3v) is 2.01. The molecule has 0 heterocycles. The van der Waals surface area contributed by atoms with Gasteiger partial charge in [0.15, 0.2) is 0 Å². The Hall–Kier alpha value is -1.18. The lowest BCUT2D eigenvalue weighted by molar-refractivity contribution is 0.391. The summed E-state index contributed by atoms with van der Waals surface area (Å²) in [6, 6.07) is 5.94. The van der Waals surface area contributed by atoms with Gasteiger partial charge in [0, 0.05) is 6.07 Å². The molecule has 0 aliphatic carbocycles. The molecule has 0 bridgehead atoms. The Labute approximate surface area is 79.5 Å². The second-order valence-corrected chi connectivity index (χ2v) is 2.93. The van der Waals surface area contributed by atoms with Crippen LogP contribution in [0.4, 0.5) is 0 Å². The summed E-state index contributed by atoms with van der Waals surface area (Å²) < 4.78 is 10.4. The second kappa shape index (κ2) is 4.75. The average Bonchev–Trinajstić information content (AvgIpc) is 2.19. The van der Waals surface area contributed by atoms with Crippen LogP contribution in [0.3, 0.4) is 0 Å². The highest BCUT2D eigenvalue weighted by atomic mass is 16.5. The first-order chi connectivity index (χ1) is 6.31. The summed E-state index contributed by atoms with van der Waals surface area (Å²) in [5.74, 6) is 1.76. The van der Waals surface area contributed by atoms with Crippen molar-refractivity contribution in [2.45, 2.75) is 19.8 Å². The van der Waals surface area contributed by atoms with Crippen LogP contribution in [-0.4, -0.2) is 14.2 Å². The van der Waals surface area contributed by atoms with E-state index in [4.69, 9.17) is 9.47 Å². The molecule has 0 aliphatic heterocycles. The van der Waals surface area contributed by atoms with Gasteiger partial charge in [-0.25, -0.2) is 0 Å². The van der Waals surface area contributed by atoms with E-state index in [9.17, 15) is 0 Å². The number of benzene rings is 1. The Kier molecular flexibility index (Phi) is 3.62. The highest BCUT2D eigenvalue weighted by Crippen LogP contribution is 2.25. The van der Waals surface area contributed by atoms with Crippen LogP contribution in [-0.2, 0) is 6.42 Å². The van der Waals surface area contributed by atoms with Crippen LogP contribution < -0.4 is 9.47 Å². The fourth-order valence-electron chi connectivity index (χ4n) is 1.33. The van der Waals surface area contributed by atoms with Crippen LogP contribution in [0, 0.1) is 0 Å². The molecule has 1 aromatic rings. The topological polar surface area (TPSA) is 18.5 Å². The lowest BCUT2D eigenvalue weighted by Crippen LogP contribution is -1.92. The maximum absolute atomic E-state index is 5.26. The first kappa shape index (κ1) is 9.90. The molecule has 1 aromatic carbocycles. The predicted octanol–water partition coefficient (Wildman–Crippen LogP) is 2.66. The Balaban J connectivity index is 2.93. The zero-order valence-corrected chi connectivity index (χ0v) is 8.46. The van der Waals surface area contributed by atoms with Crippen LogP contribution >= 0.6 is 0 Å². The Morgan fingerprint density at radius 1 is 1.15 bits per heavy atom. The van der Waals surface area contributed by atoms with Gasteiger partial charge in [-0.1, -0.05) is 19.4 Å². The minimum absolute atomic E-state index is 0.844. The standard InChI is InChI=1S/C11H16O2/c1-4-5-9-6-7-10(12-2)8-11(9)13-3/h6-8H,4-5H2,1-3H3. The lowest BCUT2D eigenvalue weighted by Gasteiger charge is -2.08. The van der Waals surface area contributed by atoms with Gasteiger partial charge in [-0.2, -0.15) is 0 Å². The van der Waals surface area contributed by atoms with Gasteiger partial charge in [0.05, 0.1) is 14.2 Å². The number of hydrogen-bond acceptors (Lipinski definition) is 2. The lowest BCUT2D eigenvalue weighted by atomic mass is 10.1. The molecule has 0 radical (unpaired) electrons.